The lowest BCUT2D eigenvalue weighted by atomic mass is 10.0. The normalized spacial score (nSPS) is 13.9. The molecule has 0 bridgehead atoms. The van der Waals surface area contributed by atoms with Crippen LogP contribution in [-0.2, 0) is 9.59 Å². The van der Waals surface area contributed by atoms with Crippen LogP contribution in [-0.4, -0.2) is 28.9 Å². The third kappa shape index (κ3) is 4.67. The fourth-order valence-electron chi connectivity index (χ4n) is 1.90. The molecule has 2 atom stereocenters. The molecule has 1 heterocycles. The van der Waals surface area contributed by atoms with Gasteiger partial charge in [0.2, 0.25) is 5.91 Å². The highest BCUT2D eigenvalue weighted by atomic mass is 32.1. The number of amides is 1. The Bertz CT molecular complexity index is 455. The van der Waals surface area contributed by atoms with Crippen LogP contribution in [0.3, 0.4) is 0 Å². The largest absolute Gasteiger partial charge is 0.481 e. The van der Waals surface area contributed by atoms with Crippen molar-refractivity contribution < 1.29 is 14.7 Å². The van der Waals surface area contributed by atoms with Crippen LogP contribution in [0.15, 0.2) is 12.1 Å². The SMILES string of the molecule is Cc1ccc(C(C)N(C)C(=O)CC(C)CC(=O)O)s1. The second-order valence-electron chi connectivity index (χ2n) is 5.04. The van der Waals surface area contributed by atoms with E-state index in [1.54, 1.807) is 30.2 Å². The standard InChI is InChI=1S/C14H21NO3S/c1-9(8-14(17)18)7-13(16)15(4)11(3)12-6-5-10(2)19-12/h5-6,9,11H,7-8H2,1-4H3,(H,17,18). The average molecular weight is 283 g/mol. The number of carbonyl (C=O) groups excluding carboxylic acids is 1. The molecule has 5 heteroatoms. The van der Waals surface area contributed by atoms with Gasteiger partial charge in [0, 0.05) is 29.6 Å². The fraction of sp³-hybridized carbons (Fsp3) is 0.571. The van der Waals surface area contributed by atoms with E-state index < -0.39 is 5.97 Å². The van der Waals surface area contributed by atoms with Crippen LogP contribution < -0.4 is 0 Å². The topological polar surface area (TPSA) is 57.6 Å². The Hall–Kier alpha value is -1.36. The summed E-state index contributed by atoms with van der Waals surface area (Å²) in [5.41, 5.74) is 0. The Morgan fingerprint density at radius 2 is 1.95 bits per heavy atom. The van der Waals surface area contributed by atoms with Gasteiger partial charge in [0.15, 0.2) is 0 Å². The number of carbonyl (C=O) groups is 2. The first-order chi connectivity index (χ1) is 8.81. The molecule has 2 unspecified atom stereocenters. The lowest BCUT2D eigenvalue weighted by Crippen LogP contribution is -2.30. The first-order valence-electron chi connectivity index (χ1n) is 6.35. The number of carboxylic acids is 1. The number of hydrogen-bond acceptors (Lipinski definition) is 3. The van der Waals surface area contributed by atoms with E-state index in [1.165, 1.54) is 4.88 Å². The summed E-state index contributed by atoms with van der Waals surface area (Å²) < 4.78 is 0. The zero-order valence-corrected chi connectivity index (χ0v) is 12.7. The predicted octanol–water partition coefficient (Wildman–Crippen LogP) is 3.08. The second-order valence-corrected chi connectivity index (χ2v) is 6.36. The lowest BCUT2D eigenvalue weighted by Gasteiger charge is -2.25. The van der Waals surface area contributed by atoms with Crippen molar-refractivity contribution in [3.63, 3.8) is 0 Å². The van der Waals surface area contributed by atoms with Crippen LogP contribution in [0, 0.1) is 12.8 Å². The number of nitrogens with zero attached hydrogens (tertiary/aromatic N) is 1. The van der Waals surface area contributed by atoms with Crippen molar-refractivity contribution in [3.8, 4) is 0 Å². The van der Waals surface area contributed by atoms with Gasteiger partial charge in [-0.25, -0.2) is 0 Å². The van der Waals surface area contributed by atoms with Crippen molar-refractivity contribution in [1.82, 2.24) is 4.90 Å². The molecule has 1 aromatic heterocycles. The molecule has 0 saturated heterocycles. The zero-order valence-electron chi connectivity index (χ0n) is 11.8. The summed E-state index contributed by atoms with van der Waals surface area (Å²) in [7, 11) is 1.77. The van der Waals surface area contributed by atoms with Gasteiger partial charge >= 0.3 is 5.97 Å². The van der Waals surface area contributed by atoms with Crippen LogP contribution in [0.2, 0.25) is 0 Å². The van der Waals surface area contributed by atoms with Gasteiger partial charge in [0.05, 0.1) is 6.04 Å². The Labute approximate surface area is 118 Å². The van der Waals surface area contributed by atoms with E-state index in [0.29, 0.717) is 0 Å². The molecule has 1 N–H and O–H groups in total. The van der Waals surface area contributed by atoms with Gasteiger partial charge in [-0.2, -0.15) is 0 Å². The van der Waals surface area contributed by atoms with E-state index in [1.807, 2.05) is 26.0 Å². The number of carboxylic acid groups (broad SMARTS) is 1. The van der Waals surface area contributed by atoms with Crippen molar-refractivity contribution in [1.29, 1.82) is 0 Å². The van der Waals surface area contributed by atoms with E-state index in [-0.39, 0.29) is 30.7 Å². The highest BCUT2D eigenvalue weighted by molar-refractivity contribution is 7.12. The maximum absolute atomic E-state index is 12.1. The van der Waals surface area contributed by atoms with Crippen LogP contribution in [0.1, 0.15) is 42.5 Å². The fourth-order valence-corrected chi connectivity index (χ4v) is 2.87. The van der Waals surface area contributed by atoms with Crippen LogP contribution >= 0.6 is 11.3 Å². The molecule has 0 aromatic carbocycles. The molecule has 0 aliphatic heterocycles. The van der Waals surface area contributed by atoms with Gasteiger partial charge < -0.3 is 10.0 Å². The number of aliphatic carboxylic acids is 1. The van der Waals surface area contributed by atoms with Crippen molar-refractivity contribution in [2.45, 2.75) is 39.7 Å². The monoisotopic (exact) mass is 283 g/mol. The Morgan fingerprint density at radius 3 is 2.42 bits per heavy atom. The molecule has 1 rings (SSSR count). The zero-order chi connectivity index (χ0) is 14.6. The summed E-state index contributed by atoms with van der Waals surface area (Å²) in [6.07, 6.45) is 0.309. The van der Waals surface area contributed by atoms with Crippen molar-refractivity contribution in [2.75, 3.05) is 7.05 Å². The number of aryl methyl sites for hydroxylation is 1. The molecule has 1 aromatic rings. The molecule has 0 fully saturated rings. The first-order valence-corrected chi connectivity index (χ1v) is 7.16. The summed E-state index contributed by atoms with van der Waals surface area (Å²) in [6, 6.07) is 4.11. The van der Waals surface area contributed by atoms with Gasteiger partial charge in [-0.3, -0.25) is 9.59 Å². The van der Waals surface area contributed by atoms with Crippen LogP contribution in [0.25, 0.3) is 0 Å². The Kier molecular flexibility index (Phi) is 5.54. The maximum atomic E-state index is 12.1. The van der Waals surface area contributed by atoms with Gasteiger partial charge in [-0.1, -0.05) is 6.92 Å². The highest BCUT2D eigenvalue weighted by Gasteiger charge is 2.21. The maximum Gasteiger partial charge on any atom is 0.303 e. The lowest BCUT2D eigenvalue weighted by molar-refractivity contribution is -0.138. The summed E-state index contributed by atoms with van der Waals surface area (Å²) >= 11 is 1.68. The molecule has 0 saturated carbocycles. The minimum absolute atomic E-state index is 0.00713. The molecule has 1 amide bonds. The molecule has 19 heavy (non-hydrogen) atoms. The van der Waals surface area contributed by atoms with Gasteiger partial charge in [0.25, 0.3) is 0 Å². The molecule has 0 aliphatic rings. The van der Waals surface area contributed by atoms with Gasteiger partial charge in [-0.05, 0) is 31.9 Å². The predicted molar refractivity (Wildman–Crippen MR) is 76.3 cm³/mol. The summed E-state index contributed by atoms with van der Waals surface area (Å²) in [4.78, 5) is 26.8. The van der Waals surface area contributed by atoms with E-state index in [4.69, 9.17) is 5.11 Å². The van der Waals surface area contributed by atoms with Crippen LogP contribution in [0.4, 0.5) is 0 Å². The van der Waals surface area contributed by atoms with Gasteiger partial charge in [-0.15, -0.1) is 11.3 Å². The number of thiophene rings is 1. The molecular formula is C14H21NO3S. The van der Waals surface area contributed by atoms with Crippen molar-refractivity contribution in [3.05, 3.63) is 21.9 Å². The Morgan fingerprint density at radius 1 is 1.32 bits per heavy atom. The average Bonchev–Trinajstić information content (AvgIpc) is 2.72. The van der Waals surface area contributed by atoms with Crippen molar-refractivity contribution >= 4 is 23.2 Å². The molecular weight excluding hydrogens is 262 g/mol. The molecule has 0 radical (unpaired) electrons. The summed E-state index contributed by atoms with van der Waals surface area (Å²) in [5, 5.41) is 8.70. The number of hydrogen-bond donors (Lipinski definition) is 1. The summed E-state index contributed by atoms with van der Waals surface area (Å²) in [5.74, 6) is -0.998. The molecule has 106 valence electrons. The van der Waals surface area contributed by atoms with Gasteiger partial charge in [0.1, 0.15) is 0 Å². The highest BCUT2D eigenvalue weighted by Crippen LogP contribution is 2.27. The summed E-state index contributed by atoms with van der Waals surface area (Å²) in [6.45, 7) is 5.82. The second kappa shape index (κ2) is 6.70. The quantitative estimate of drug-likeness (QED) is 0.873. The van der Waals surface area contributed by atoms with E-state index in [9.17, 15) is 9.59 Å². The first kappa shape index (κ1) is 15.7. The third-order valence-electron chi connectivity index (χ3n) is 3.19. The minimum Gasteiger partial charge on any atom is -0.481 e. The smallest absolute Gasteiger partial charge is 0.303 e. The molecule has 0 spiro atoms. The van der Waals surface area contributed by atoms with E-state index in [0.717, 1.165) is 4.88 Å². The molecule has 4 nitrogen and oxygen atoms in total. The Balaban J connectivity index is 2.59. The van der Waals surface area contributed by atoms with Crippen LogP contribution in [0.5, 0.6) is 0 Å². The number of rotatable bonds is 6. The van der Waals surface area contributed by atoms with E-state index >= 15 is 0 Å². The molecule has 0 aliphatic carbocycles. The van der Waals surface area contributed by atoms with E-state index in [2.05, 4.69) is 0 Å². The minimum atomic E-state index is -0.857. The van der Waals surface area contributed by atoms with Crippen molar-refractivity contribution in [2.24, 2.45) is 5.92 Å². The third-order valence-corrected chi connectivity index (χ3v) is 4.36.